The summed E-state index contributed by atoms with van der Waals surface area (Å²) in [4.78, 5) is 27.9. The summed E-state index contributed by atoms with van der Waals surface area (Å²) in [5.41, 5.74) is 6.08. The highest BCUT2D eigenvalue weighted by Crippen LogP contribution is 2.07. The maximum atomic E-state index is 12.1. The van der Waals surface area contributed by atoms with Gasteiger partial charge in [0, 0.05) is 12.4 Å². The lowest BCUT2D eigenvalue weighted by Gasteiger charge is -2.06. The molecular formula is C15H16N6O2. The Bertz CT molecular complexity index is 735. The van der Waals surface area contributed by atoms with Crippen LogP contribution < -0.4 is 11.1 Å². The number of amidine groups is 1. The maximum Gasteiger partial charge on any atom is 0.251 e. The number of rotatable bonds is 5. The first-order valence-corrected chi connectivity index (χ1v) is 6.71. The van der Waals surface area contributed by atoms with E-state index in [0.29, 0.717) is 11.6 Å². The van der Waals surface area contributed by atoms with E-state index in [2.05, 4.69) is 32.0 Å². The van der Waals surface area contributed by atoms with Gasteiger partial charge in [-0.2, -0.15) is 0 Å². The Morgan fingerprint density at radius 2 is 2.13 bits per heavy atom. The van der Waals surface area contributed by atoms with Crippen LogP contribution in [0.5, 0.6) is 0 Å². The SMILES string of the molecule is C=NC(=N/C(N)=C(\C)C(=O)NCc1ncccn1)c1ccco1. The van der Waals surface area contributed by atoms with Gasteiger partial charge in [0.2, 0.25) is 0 Å². The molecule has 2 heterocycles. The fourth-order valence-electron chi connectivity index (χ4n) is 1.60. The second-order valence-electron chi connectivity index (χ2n) is 4.43. The molecule has 0 atom stereocenters. The Kier molecular flexibility index (Phi) is 5.35. The summed E-state index contributed by atoms with van der Waals surface area (Å²) in [5.74, 6) is 0.761. The Hall–Kier alpha value is -3.29. The molecule has 8 nitrogen and oxygen atoms in total. The second kappa shape index (κ2) is 7.64. The zero-order valence-electron chi connectivity index (χ0n) is 12.6. The third kappa shape index (κ3) is 4.34. The van der Waals surface area contributed by atoms with Crippen LogP contribution in [-0.4, -0.2) is 28.4 Å². The van der Waals surface area contributed by atoms with E-state index in [1.807, 2.05) is 0 Å². The Morgan fingerprint density at radius 3 is 2.74 bits per heavy atom. The molecule has 0 bridgehead atoms. The van der Waals surface area contributed by atoms with Crippen molar-refractivity contribution in [3.05, 3.63) is 59.8 Å². The number of nitrogens with two attached hydrogens (primary N) is 1. The van der Waals surface area contributed by atoms with Crippen molar-refractivity contribution < 1.29 is 9.21 Å². The van der Waals surface area contributed by atoms with E-state index in [1.54, 1.807) is 37.5 Å². The van der Waals surface area contributed by atoms with Gasteiger partial charge < -0.3 is 15.5 Å². The Balaban J connectivity index is 2.09. The molecule has 3 N–H and O–H groups in total. The van der Waals surface area contributed by atoms with Crippen molar-refractivity contribution in [3.8, 4) is 0 Å². The lowest BCUT2D eigenvalue weighted by Crippen LogP contribution is -2.26. The van der Waals surface area contributed by atoms with Crippen molar-refractivity contribution in [1.82, 2.24) is 15.3 Å². The summed E-state index contributed by atoms with van der Waals surface area (Å²) in [5, 5.41) is 2.66. The maximum absolute atomic E-state index is 12.1. The standard InChI is InChI=1S/C15H16N6O2/c1-10(15(22)20-9-12-18-6-4-7-19-12)13(16)21-14(17-2)11-5-3-8-23-11/h3-8H,2,9,16H2,1H3,(H,20,22)/b13-10+,21-14?. The zero-order chi connectivity index (χ0) is 16.7. The molecule has 0 aromatic carbocycles. The van der Waals surface area contributed by atoms with E-state index in [9.17, 15) is 4.79 Å². The molecule has 0 spiro atoms. The van der Waals surface area contributed by atoms with E-state index in [4.69, 9.17) is 10.2 Å². The minimum Gasteiger partial charge on any atom is -0.461 e. The smallest absolute Gasteiger partial charge is 0.251 e. The minimum absolute atomic E-state index is 0.0234. The average molecular weight is 312 g/mol. The molecule has 0 aliphatic heterocycles. The lowest BCUT2D eigenvalue weighted by molar-refractivity contribution is -0.117. The van der Waals surface area contributed by atoms with Gasteiger partial charge in [-0.3, -0.25) is 4.79 Å². The molecule has 0 aliphatic carbocycles. The number of amides is 1. The van der Waals surface area contributed by atoms with Crippen LogP contribution in [0.3, 0.4) is 0 Å². The zero-order valence-corrected chi connectivity index (χ0v) is 12.6. The van der Waals surface area contributed by atoms with E-state index in [1.165, 1.54) is 6.26 Å². The van der Waals surface area contributed by atoms with Gasteiger partial charge in [-0.05, 0) is 31.8 Å². The highest BCUT2D eigenvalue weighted by atomic mass is 16.3. The summed E-state index contributed by atoms with van der Waals surface area (Å²) >= 11 is 0. The molecule has 118 valence electrons. The Labute approximate surface area is 132 Å². The van der Waals surface area contributed by atoms with Crippen LogP contribution in [0.1, 0.15) is 18.5 Å². The van der Waals surface area contributed by atoms with Crippen molar-refractivity contribution in [1.29, 1.82) is 0 Å². The first kappa shape index (κ1) is 16.1. The van der Waals surface area contributed by atoms with Crippen molar-refractivity contribution in [2.45, 2.75) is 13.5 Å². The van der Waals surface area contributed by atoms with Crippen LogP contribution in [0, 0.1) is 0 Å². The highest BCUT2D eigenvalue weighted by Gasteiger charge is 2.11. The number of carbonyl (C=O) groups excluding carboxylic acids is 1. The first-order valence-electron chi connectivity index (χ1n) is 6.71. The predicted molar refractivity (Wildman–Crippen MR) is 85.6 cm³/mol. The van der Waals surface area contributed by atoms with Gasteiger partial charge in [-0.15, -0.1) is 0 Å². The number of aliphatic imine (C=N–C) groups is 2. The predicted octanol–water partition coefficient (Wildman–Crippen LogP) is 1.02. The summed E-state index contributed by atoms with van der Waals surface area (Å²) in [6.07, 6.45) is 4.68. The van der Waals surface area contributed by atoms with Crippen LogP contribution in [0.4, 0.5) is 0 Å². The minimum atomic E-state index is -0.374. The number of nitrogens with one attached hydrogen (secondary N) is 1. The van der Waals surface area contributed by atoms with E-state index < -0.39 is 0 Å². The molecule has 8 heteroatoms. The van der Waals surface area contributed by atoms with Crippen molar-refractivity contribution in [2.24, 2.45) is 15.7 Å². The normalized spacial score (nSPS) is 12.5. The quantitative estimate of drug-likeness (QED) is 0.485. The van der Waals surface area contributed by atoms with Gasteiger partial charge in [0.15, 0.2) is 11.6 Å². The van der Waals surface area contributed by atoms with Gasteiger partial charge >= 0.3 is 0 Å². The van der Waals surface area contributed by atoms with Gasteiger partial charge in [-0.25, -0.2) is 20.0 Å². The molecule has 2 aromatic heterocycles. The molecule has 2 rings (SSSR count). The van der Waals surface area contributed by atoms with Gasteiger partial charge in [0.25, 0.3) is 5.91 Å². The third-order valence-electron chi connectivity index (χ3n) is 2.87. The topological polar surface area (TPSA) is 119 Å². The summed E-state index contributed by atoms with van der Waals surface area (Å²) in [7, 11) is 0. The second-order valence-corrected chi connectivity index (χ2v) is 4.43. The number of hydrogen-bond acceptors (Lipinski definition) is 6. The van der Waals surface area contributed by atoms with Crippen molar-refractivity contribution in [2.75, 3.05) is 0 Å². The molecule has 0 unspecified atom stereocenters. The van der Waals surface area contributed by atoms with Crippen LogP contribution in [-0.2, 0) is 11.3 Å². The summed E-state index contributed by atoms with van der Waals surface area (Å²) in [6, 6.07) is 5.06. The van der Waals surface area contributed by atoms with Gasteiger partial charge in [0.05, 0.1) is 18.4 Å². The van der Waals surface area contributed by atoms with E-state index in [0.717, 1.165) is 0 Å². The van der Waals surface area contributed by atoms with Crippen molar-refractivity contribution in [3.63, 3.8) is 0 Å². The first-order chi connectivity index (χ1) is 11.1. The molecule has 23 heavy (non-hydrogen) atoms. The number of nitrogens with zero attached hydrogens (tertiary/aromatic N) is 4. The molecule has 0 radical (unpaired) electrons. The molecule has 0 fully saturated rings. The van der Waals surface area contributed by atoms with E-state index in [-0.39, 0.29) is 29.7 Å². The van der Waals surface area contributed by atoms with Crippen LogP contribution in [0.15, 0.2) is 62.7 Å². The fourth-order valence-corrected chi connectivity index (χ4v) is 1.60. The number of carbonyl (C=O) groups is 1. The Morgan fingerprint density at radius 1 is 1.39 bits per heavy atom. The van der Waals surface area contributed by atoms with Crippen LogP contribution in [0.25, 0.3) is 0 Å². The van der Waals surface area contributed by atoms with Gasteiger partial charge in [0.1, 0.15) is 11.6 Å². The summed E-state index contributed by atoms with van der Waals surface area (Å²) < 4.78 is 5.17. The molecule has 0 aliphatic rings. The molecule has 0 saturated heterocycles. The highest BCUT2D eigenvalue weighted by molar-refractivity contribution is 6.00. The average Bonchev–Trinajstić information content (AvgIpc) is 3.11. The summed E-state index contributed by atoms with van der Waals surface area (Å²) in [6.45, 7) is 5.17. The number of hydrogen-bond donors (Lipinski definition) is 2. The fraction of sp³-hybridized carbons (Fsp3) is 0.133. The van der Waals surface area contributed by atoms with Crippen LogP contribution in [0.2, 0.25) is 0 Å². The van der Waals surface area contributed by atoms with Crippen molar-refractivity contribution >= 4 is 18.5 Å². The third-order valence-corrected chi connectivity index (χ3v) is 2.87. The monoisotopic (exact) mass is 312 g/mol. The largest absolute Gasteiger partial charge is 0.461 e. The van der Waals surface area contributed by atoms with Crippen LogP contribution >= 0.6 is 0 Å². The molecular weight excluding hydrogens is 296 g/mol. The molecule has 1 amide bonds. The number of aromatic nitrogens is 2. The molecule has 2 aromatic rings. The van der Waals surface area contributed by atoms with E-state index >= 15 is 0 Å². The molecule has 0 saturated carbocycles. The number of furan rings is 1. The lowest BCUT2D eigenvalue weighted by atomic mass is 10.3. The van der Waals surface area contributed by atoms with Gasteiger partial charge in [-0.1, -0.05) is 0 Å².